The van der Waals surface area contributed by atoms with Crippen molar-refractivity contribution in [3.05, 3.63) is 51.0 Å². The summed E-state index contributed by atoms with van der Waals surface area (Å²) in [5.74, 6) is 0. The first-order chi connectivity index (χ1) is 6.56. The molecule has 1 aromatic carbocycles. The number of benzene rings is 1. The van der Waals surface area contributed by atoms with Gasteiger partial charge < -0.3 is 5.73 Å². The Morgan fingerprint density at radius 2 is 2.29 bits per heavy atom. The molecule has 74 valence electrons. The van der Waals surface area contributed by atoms with Gasteiger partial charge in [0, 0.05) is 12.1 Å². The van der Waals surface area contributed by atoms with Gasteiger partial charge in [-0.05, 0) is 27.6 Å². The predicted molar refractivity (Wildman–Crippen MR) is 57.9 cm³/mol. The minimum absolute atomic E-state index is 0.0137. The van der Waals surface area contributed by atoms with Gasteiger partial charge in [0.05, 0.1) is 9.40 Å². The summed E-state index contributed by atoms with van der Waals surface area (Å²) in [4.78, 5) is 10.1. The summed E-state index contributed by atoms with van der Waals surface area (Å²) in [6.45, 7) is 3.53. The van der Waals surface area contributed by atoms with Gasteiger partial charge in [0.15, 0.2) is 0 Å². The van der Waals surface area contributed by atoms with Crippen LogP contribution in [0.15, 0.2) is 35.3 Å². The molecule has 1 aromatic rings. The second-order valence-corrected chi connectivity index (χ2v) is 3.58. The van der Waals surface area contributed by atoms with E-state index in [4.69, 9.17) is 5.73 Å². The fourth-order valence-corrected chi connectivity index (χ4v) is 1.40. The average Bonchev–Trinajstić information content (AvgIpc) is 2.17. The lowest BCUT2D eigenvalue weighted by molar-refractivity contribution is -0.385. The summed E-state index contributed by atoms with van der Waals surface area (Å²) < 4.78 is 0.447. The molecule has 5 heteroatoms. The van der Waals surface area contributed by atoms with Gasteiger partial charge in [-0.25, -0.2) is 0 Å². The maximum absolute atomic E-state index is 10.6. The van der Waals surface area contributed by atoms with E-state index in [1.54, 1.807) is 12.1 Å². The van der Waals surface area contributed by atoms with Crippen LogP contribution in [0.5, 0.6) is 0 Å². The van der Waals surface area contributed by atoms with Gasteiger partial charge in [0.2, 0.25) is 0 Å². The molecule has 2 N–H and O–H groups in total. The number of nitrogens with two attached hydrogens (primary N) is 1. The third-order valence-electron chi connectivity index (χ3n) is 1.81. The van der Waals surface area contributed by atoms with Gasteiger partial charge in [0.25, 0.3) is 5.69 Å². The zero-order valence-electron chi connectivity index (χ0n) is 7.31. The molecule has 0 saturated heterocycles. The van der Waals surface area contributed by atoms with Gasteiger partial charge in [-0.2, -0.15) is 0 Å². The highest BCUT2D eigenvalue weighted by molar-refractivity contribution is 9.10. The number of hydrogen-bond acceptors (Lipinski definition) is 3. The Morgan fingerprint density at radius 1 is 1.64 bits per heavy atom. The SMILES string of the molecule is C=C[C@H](N)c1ccc(Br)c([N+](=O)[O-])c1. The van der Waals surface area contributed by atoms with E-state index < -0.39 is 4.92 Å². The molecule has 0 spiro atoms. The minimum atomic E-state index is -0.455. The molecule has 0 fully saturated rings. The second-order valence-electron chi connectivity index (χ2n) is 2.73. The highest BCUT2D eigenvalue weighted by Gasteiger charge is 2.13. The standard InChI is InChI=1S/C9H9BrN2O2/c1-2-8(11)6-3-4-7(10)9(5-6)12(13)14/h2-5,8H,1,11H2/t8-/m0/s1. The summed E-state index contributed by atoms with van der Waals surface area (Å²) >= 11 is 3.09. The van der Waals surface area contributed by atoms with E-state index in [0.29, 0.717) is 10.0 Å². The van der Waals surface area contributed by atoms with Crippen LogP contribution in [0.25, 0.3) is 0 Å². The predicted octanol–water partition coefficient (Wildman–Crippen LogP) is 2.54. The van der Waals surface area contributed by atoms with Crippen LogP contribution < -0.4 is 5.73 Å². The number of halogens is 1. The van der Waals surface area contributed by atoms with Crippen molar-refractivity contribution in [3.63, 3.8) is 0 Å². The fraction of sp³-hybridized carbons (Fsp3) is 0.111. The van der Waals surface area contributed by atoms with Crippen LogP contribution in [-0.2, 0) is 0 Å². The molecule has 0 unspecified atom stereocenters. The Hall–Kier alpha value is -1.20. The largest absolute Gasteiger partial charge is 0.321 e. The summed E-state index contributed by atoms with van der Waals surface area (Å²) in [6, 6.07) is 4.40. The molecule has 0 aliphatic heterocycles. The number of hydrogen-bond donors (Lipinski definition) is 1. The Labute approximate surface area is 89.7 Å². The first-order valence-corrected chi connectivity index (χ1v) is 4.67. The van der Waals surface area contributed by atoms with Crippen molar-refractivity contribution in [3.8, 4) is 0 Å². The maximum Gasteiger partial charge on any atom is 0.283 e. The van der Waals surface area contributed by atoms with E-state index in [1.165, 1.54) is 12.1 Å². The quantitative estimate of drug-likeness (QED) is 0.514. The van der Waals surface area contributed by atoms with Gasteiger partial charge in [0.1, 0.15) is 0 Å². The molecular weight excluding hydrogens is 248 g/mol. The van der Waals surface area contributed by atoms with Crippen LogP contribution in [0.2, 0.25) is 0 Å². The Balaban J connectivity index is 3.19. The fourth-order valence-electron chi connectivity index (χ4n) is 1.01. The van der Waals surface area contributed by atoms with Crippen molar-refractivity contribution in [2.45, 2.75) is 6.04 Å². The van der Waals surface area contributed by atoms with E-state index in [1.807, 2.05) is 0 Å². The molecule has 0 aromatic heterocycles. The maximum atomic E-state index is 10.6. The molecule has 4 nitrogen and oxygen atoms in total. The Kier molecular flexibility index (Phi) is 3.38. The zero-order valence-corrected chi connectivity index (χ0v) is 8.90. The van der Waals surface area contributed by atoms with Gasteiger partial charge in [-0.1, -0.05) is 12.1 Å². The highest BCUT2D eigenvalue weighted by atomic mass is 79.9. The van der Waals surface area contributed by atoms with Crippen molar-refractivity contribution in [1.29, 1.82) is 0 Å². The summed E-state index contributed by atoms with van der Waals surface area (Å²) in [5.41, 5.74) is 6.35. The summed E-state index contributed by atoms with van der Waals surface area (Å²) in [7, 11) is 0. The van der Waals surface area contributed by atoms with Crippen LogP contribution in [0.3, 0.4) is 0 Å². The molecule has 14 heavy (non-hydrogen) atoms. The van der Waals surface area contributed by atoms with E-state index in [9.17, 15) is 10.1 Å². The molecule has 0 amide bonds. The van der Waals surface area contributed by atoms with Crippen molar-refractivity contribution in [2.75, 3.05) is 0 Å². The van der Waals surface area contributed by atoms with Crippen LogP contribution in [-0.4, -0.2) is 4.92 Å². The first-order valence-electron chi connectivity index (χ1n) is 3.88. The minimum Gasteiger partial charge on any atom is -0.321 e. The normalized spacial score (nSPS) is 12.1. The Morgan fingerprint density at radius 3 is 2.79 bits per heavy atom. The lowest BCUT2D eigenvalue weighted by Crippen LogP contribution is -2.06. The van der Waals surface area contributed by atoms with E-state index in [0.717, 1.165) is 0 Å². The monoisotopic (exact) mass is 256 g/mol. The van der Waals surface area contributed by atoms with E-state index in [2.05, 4.69) is 22.5 Å². The highest BCUT2D eigenvalue weighted by Crippen LogP contribution is 2.27. The molecule has 0 radical (unpaired) electrons. The number of nitrogens with zero attached hydrogens (tertiary/aromatic N) is 1. The molecule has 0 saturated carbocycles. The van der Waals surface area contributed by atoms with Crippen molar-refractivity contribution >= 4 is 21.6 Å². The van der Waals surface area contributed by atoms with Crippen molar-refractivity contribution in [1.82, 2.24) is 0 Å². The van der Waals surface area contributed by atoms with Gasteiger partial charge >= 0.3 is 0 Å². The van der Waals surface area contributed by atoms with E-state index in [-0.39, 0.29) is 11.7 Å². The molecule has 1 rings (SSSR count). The Bertz CT molecular complexity index is 379. The van der Waals surface area contributed by atoms with Gasteiger partial charge in [-0.15, -0.1) is 6.58 Å². The lowest BCUT2D eigenvalue weighted by Gasteiger charge is -2.06. The number of nitro benzene ring substituents is 1. The first kappa shape index (κ1) is 10.9. The van der Waals surface area contributed by atoms with Crippen molar-refractivity contribution < 1.29 is 4.92 Å². The topological polar surface area (TPSA) is 69.2 Å². The van der Waals surface area contributed by atoms with Crippen LogP contribution >= 0.6 is 15.9 Å². The third kappa shape index (κ3) is 2.18. The molecule has 0 bridgehead atoms. The summed E-state index contributed by atoms with van der Waals surface area (Å²) in [5, 5.41) is 10.6. The second kappa shape index (κ2) is 4.34. The van der Waals surface area contributed by atoms with Crippen molar-refractivity contribution in [2.24, 2.45) is 5.73 Å². The molecule has 0 aliphatic rings. The smallest absolute Gasteiger partial charge is 0.283 e. The van der Waals surface area contributed by atoms with Crippen LogP contribution in [0.4, 0.5) is 5.69 Å². The zero-order chi connectivity index (χ0) is 10.7. The average molecular weight is 257 g/mol. The van der Waals surface area contributed by atoms with Gasteiger partial charge in [-0.3, -0.25) is 10.1 Å². The molecule has 0 heterocycles. The lowest BCUT2D eigenvalue weighted by atomic mass is 10.1. The van der Waals surface area contributed by atoms with E-state index >= 15 is 0 Å². The third-order valence-corrected chi connectivity index (χ3v) is 2.48. The number of rotatable bonds is 3. The summed E-state index contributed by atoms with van der Waals surface area (Å²) in [6.07, 6.45) is 1.53. The molecule has 0 aliphatic carbocycles. The van der Waals surface area contributed by atoms with Crippen LogP contribution in [0, 0.1) is 10.1 Å². The molecular formula is C9H9BrN2O2. The molecule has 1 atom stereocenters. The number of nitro groups is 1. The van der Waals surface area contributed by atoms with Crippen LogP contribution in [0.1, 0.15) is 11.6 Å².